The molecule has 4 nitrogen and oxygen atoms in total. The summed E-state index contributed by atoms with van der Waals surface area (Å²) in [5.41, 5.74) is 5.83. The number of rotatable bonds is 5. The minimum absolute atomic E-state index is 0.209. The van der Waals surface area contributed by atoms with Gasteiger partial charge in [0.1, 0.15) is 0 Å². The molecule has 0 aromatic heterocycles. The molecule has 0 aliphatic heterocycles. The Hall–Kier alpha value is -1.35. The molecule has 0 radical (unpaired) electrons. The van der Waals surface area contributed by atoms with E-state index < -0.39 is 10.0 Å². The van der Waals surface area contributed by atoms with Crippen LogP contribution in [0.25, 0.3) is 0 Å². The highest BCUT2D eigenvalue weighted by Gasteiger charge is 2.29. The van der Waals surface area contributed by atoms with E-state index in [1.165, 1.54) is 12.8 Å². The Balaban J connectivity index is 2.15. The third-order valence-electron chi connectivity index (χ3n) is 3.52. The highest BCUT2D eigenvalue weighted by Crippen LogP contribution is 2.36. The van der Waals surface area contributed by atoms with Crippen molar-refractivity contribution < 1.29 is 8.42 Å². The molecule has 1 aromatic carbocycles. The van der Waals surface area contributed by atoms with Crippen molar-refractivity contribution in [3.63, 3.8) is 0 Å². The van der Waals surface area contributed by atoms with Crippen LogP contribution in [-0.4, -0.2) is 21.5 Å². The lowest BCUT2D eigenvalue weighted by atomic mass is 10.1. The molecule has 2 rings (SSSR count). The summed E-state index contributed by atoms with van der Waals surface area (Å²) < 4.78 is 27.4. The second kappa shape index (κ2) is 6.40. The van der Waals surface area contributed by atoms with Gasteiger partial charge in [-0.1, -0.05) is 30.9 Å². The quantitative estimate of drug-likeness (QED) is 0.804. The Kier molecular flexibility index (Phi) is 4.81. The zero-order valence-corrected chi connectivity index (χ0v) is 12.4. The Morgan fingerprint density at radius 1 is 1.40 bits per heavy atom. The van der Waals surface area contributed by atoms with Crippen LogP contribution >= 0.6 is 0 Å². The van der Waals surface area contributed by atoms with Crippen molar-refractivity contribution in [3.8, 4) is 11.8 Å². The molecule has 1 aliphatic carbocycles. The summed E-state index contributed by atoms with van der Waals surface area (Å²) in [5, 5.41) is 0. The van der Waals surface area contributed by atoms with Crippen molar-refractivity contribution in [3.05, 3.63) is 29.8 Å². The van der Waals surface area contributed by atoms with Crippen LogP contribution in [0.15, 0.2) is 29.2 Å². The Morgan fingerprint density at radius 2 is 2.10 bits per heavy atom. The van der Waals surface area contributed by atoms with E-state index in [1.54, 1.807) is 24.3 Å². The number of nitrogens with one attached hydrogen (secondary N) is 1. The average Bonchev–Trinajstić information content (AvgIpc) is 3.27. The minimum Gasteiger partial charge on any atom is -0.320 e. The molecule has 1 aliphatic rings. The van der Waals surface area contributed by atoms with E-state index >= 15 is 0 Å². The van der Waals surface area contributed by atoms with Gasteiger partial charge in [0.25, 0.3) is 0 Å². The van der Waals surface area contributed by atoms with Crippen molar-refractivity contribution in [2.75, 3.05) is 13.1 Å². The number of hydrogen-bond donors (Lipinski definition) is 2. The molecule has 0 bridgehead atoms. The SMILES string of the molecule is CC(CNS(=O)(=O)c1ccccc1C#CCN)C1CC1. The fourth-order valence-corrected chi connectivity index (χ4v) is 3.41. The van der Waals surface area contributed by atoms with Gasteiger partial charge in [0.15, 0.2) is 0 Å². The third-order valence-corrected chi connectivity index (χ3v) is 5.01. The summed E-state index contributed by atoms with van der Waals surface area (Å²) in [4.78, 5) is 0.226. The number of benzene rings is 1. The molecule has 0 amide bonds. The molecule has 1 saturated carbocycles. The molecule has 5 heteroatoms. The van der Waals surface area contributed by atoms with Gasteiger partial charge in [-0.05, 0) is 36.8 Å². The summed E-state index contributed by atoms with van der Waals surface area (Å²) in [6.45, 7) is 2.77. The number of sulfonamides is 1. The zero-order valence-electron chi connectivity index (χ0n) is 11.6. The van der Waals surface area contributed by atoms with Gasteiger partial charge >= 0.3 is 0 Å². The lowest BCUT2D eigenvalue weighted by molar-refractivity contribution is 0.492. The Bertz CT molecular complexity index is 625. The predicted molar refractivity (Wildman–Crippen MR) is 79.5 cm³/mol. The lowest BCUT2D eigenvalue weighted by Crippen LogP contribution is -2.29. The molecule has 1 aromatic rings. The van der Waals surface area contributed by atoms with Crippen molar-refractivity contribution in [1.29, 1.82) is 0 Å². The maximum atomic E-state index is 12.4. The second-order valence-electron chi connectivity index (χ2n) is 5.17. The first-order valence-corrected chi connectivity index (χ1v) is 8.30. The molecule has 0 saturated heterocycles. The van der Waals surface area contributed by atoms with Gasteiger partial charge in [-0.3, -0.25) is 0 Å². The largest absolute Gasteiger partial charge is 0.320 e. The molecule has 0 spiro atoms. The molecule has 3 N–H and O–H groups in total. The monoisotopic (exact) mass is 292 g/mol. The van der Waals surface area contributed by atoms with Gasteiger partial charge in [-0.15, -0.1) is 0 Å². The van der Waals surface area contributed by atoms with E-state index in [4.69, 9.17) is 5.73 Å². The normalized spacial score (nSPS) is 16.3. The van der Waals surface area contributed by atoms with Crippen molar-refractivity contribution in [2.24, 2.45) is 17.6 Å². The van der Waals surface area contributed by atoms with Gasteiger partial charge in [0, 0.05) is 12.1 Å². The summed E-state index contributed by atoms with van der Waals surface area (Å²) in [7, 11) is -3.52. The standard InChI is InChI=1S/C15H20N2O2S/c1-12(13-8-9-13)11-17-20(18,19)15-7-3-2-5-14(15)6-4-10-16/h2-3,5,7,12-13,17H,8-11,16H2,1H3. The molecule has 1 unspecified atom stereocenters. The van der Waals surface area contributed by atoms with E-state index in [-0.39, 0.29) is 11.4 Å². The van der Waals surface area contributed by atoms with E-state index in [0.29, 0.717) is 23.9 Å². The van der Waals surface area contributed by atoms with Crippen LogP contribution in [0.1, 0.15) is 25.3 Å². The van der Waals surface area contributed by atoms with Crippen LogP contribution < -0.4 is 10.5 Å². The van der Waals surface area contributed by atoms with Gasteiger partial charge in [-0.25, -0.2) is 13.1 Å². The smallest absolute Gasteiger partial charge is 0.241 e. The van der Waals surface area contributed by atoms with Crippen LogP contribution in [0.2, 0.25) is 0 Å². The molecule has 0 heterocycles. The van der Waals surface area contributed by atoms with E-state index in [1.807, 2.05) is 0 Å². The molecule has 20 heavy (non-hydrogen) atoms. The van der Waals surface area contributed by atoms with E-state index in [2.05, 4.69) is 23.5 Å². The first-order valence-electron chi connectivity index (χ1n) is 6.82. The Labute approximate surface area is 120 Å². The van der Waals surface area contributed by atoms with Crippen LogP contribution in [0.4, 0.5) is 0 Å². The average molecular weight is 292 g/mol. The third kappa shape index (κ3) is 3.83. The summed E-state index contributed by atoms with van der Waals surface area (Å²) in [6.07, 6.45) is 2.42. The minimum atomic E-state index is -3.52. The van der Waals surface area contributed by atoms with E-state index in [9.17, 15) is 8.42 Å². The highest BCUT2D eigenvalue weighted by atomic mass is 32.2. The van der Waals surface area contributed by atoms with Gasteiger partial charge in [-0.2, -0.15) is 0 Å². The van der Waals surface area contributed by atoms with Crippen molar-refractivity contribution in [1.82, 2.24) is 4.72 Å². The first kappa shape index (κ1) is 15.0. The van der Waals surface area contributed by atoms with Crippen LogP contribution in [-0.2, 0) is 10.0 Å². The summed E-state index contributed by atoms with van der Waals surface area (Å²) in [6, 6.07) is 6.74. The predicted octanol–water partition coefficient (Wildman–Crippen LogP) is 1.32. The summed E-state index contributed by atoms with van der Waals surface area (Å²) in [5.74, 6) is 6.56. The zero-order chi connectivity index (χ0) is 14.6. The van der Waals surface area contributed by atoms with Crippen LogP contribution in [0.5, 0.6) is 0 Å². The maximum absolute atomic E-state index is 12.4. The topological polar surface area (TPSA) is 72.2 Å². The number of nitrogens with two attached hydrogens (primary N) is 1. The molecule has 1 atom stereocenters. The Morgan fingerprint density at radius 3 is 2.75 bits per heavy atom. The second-order valence-corrected chi connectivity index (χ2v) is 6.90. The van der Waals surface area contributed by atoms with Crippen molar-refractivity contribution >= 4 is 10.0 Å². The van der Waals surface area contributed by atoms with Gasteiger partial charge in [0.2, 0.25) is 10.0 Å². The maximum Gasteiger partial charge on any atom is 0.241 e. The van der Waals surface area contributed by atoms with Crippen LogP contribution in [0, 0.1) is 23.7 Å². The fraction of sp³-hybridized carbons (Fsp3) is 0.467. The van der Waals surface area contributed by atoms with Crippen molar-refractivity contribution in [2.45, 2.75) is 24.7 Å². The number of hydrogen-bond acceptors (Lipinski definition) is 3. The highest BCUT2D eigenvalue weighted by molar-refractivity contribution is 7.89. The summed E-state index contributed by atoms with van der Waals surface area (Å²) >= 11 is 0. The van der Waals surface area contributed by atoms with E-state index in [0.717, 1.165) is 0 Å². The molecule has 108 valence electrons. The van der Waals surface area contributed by atoms with Crippen LogP contribution in [0.3, 0.4) is 0 Å². The lowest BCUT2D eigenvalue weighted by Gasteiger charge is -2.12. The molecule has 1 fully saturated rings. The fourth-order valence-electron chi connectivity index (χ4n) is 2.10. The van der Waals surface area contributed by atoms with Gasteiger partial charge in [0.05, 0.1) is 11.4 Å². The molecular formula is C15H20N2O2S. The van der Waals surface area contributed by atoms with Gasteiger partial charge < -0.3 is 5.73 Å². The molecular weight excluding hydrogens is 272 g/mol. The first-order chi connectivity index (χ1) is 9.54.